The number of nitrogens with zero attached hydrogens (tertiary/aromatic N) is 5. The first-order valence-corrected chi connectivity index (χ1v) is 19.1. The Balaban J connectivity index is 1.03. The number of hydrogen-bond donors (Lipinski definition) is 0. The van der Waals surface area contributed by atoms with E-state index in [1.165, 1.54) is 27.2 Å². The van der Waals surface area contributed by atoms with Crippen molar-refractivity contribution in [1.82, 2.24) is 24.1 Å². The number of furan rings is 1. The van der Waals surface area contributed by atoms with E-state index >= 15 is 0 Å². The van der Waals surface area contributed by atoms with Gasteiger partial charge in [0.1, 0.15) is 11.2 Å². The van der Waals surface area contributed by atoms with Gasteiger partial charge in [-0.25, -0.2) is 15.0 Å². The topological polar surface area (TPSA) is 61.7 Å². The zero-order chi connectivity index (χ0) is 37.5. The molecule has 0 bridgehead atoms. The van der Waals surface area contributed by atoms with Crippen molar-refractivity contribution in [2.75, 3.05) is 0 Å². The lowest BCUT2D eigenvalue weighted by molar-refractivity contribution is 0.669. The van der Waals surface area contributed by atoms with Gasteiger partial charge in [-0.05, 0) is 48.5 Å². The molecule has 0 fully saturated rings. The zero-order valence-corrected chi connectivity index (χ0v) is 30.5. The summed E-state index contributed by atoms with van der Waals surface area (Å²) in [7, 11) is 0. The molecule has 8 aromatic carbocycles. The average molecular weight is 730 g/mol. The fourth-order valence-electron chi connectivity index (χ4n) is 8.57. The minimum absolute atomic E-state index is 0.615. The maximum absolute atomic E-state index is 6.76. The van der Waals surface area contributed by atoms with Gasteiger partial charge < -0.3 is 13.6 Å². The smallest absolute Gasteiger partial charge is 0.164 e. The molecule has 0 aliphatic rings. The third kappa shape index (κ3) is 4.94. The Bertz CT molecular complexity index is 3410. The first-order valence-electron chi connectivity index (χ1n) is 19.1. The molecule has 6 nitrogen and oxygen atoms in total. The Morgan fingerprint density at radius 3 is 1.39 bits per heavy atom. The van der Waals surface area contributed by atoms with Crippen LogP contribution in [0.15, 0.2) is 192 Å². The highest BCUT2D eigenvalue weighted by Crippen LogP contribution is 2.40. The summed E-state index contributed by atoms with van der Waals surface area (Å²) in [6.07, 6.45) is 0. The molecule has 4 heterocycles. The van der Waals surface area contributed by atoms with E-state index in [4.69, 9.17) is 19.4 Å². The molecule has 0 atom stereocenters. The van der Waals surface area contributed by atoms with Gasteiger partial charge in [0.15, 0.2) is 17.5 Å². The van der Waals surface area contributed by atoms with Crippen molar-refractivity contribution in [2.24, 2.45) is 0 Å². The van der Waals surface area contributed by atoms with Gasteiger partial charge >= 0.3 is 0 Å². The lowest BCUT2D eigenvalue weighted by atomic mass is 10.1. The van der Waals surface area contributed by atoms with E-state index in [9.17, 15) is 0 Å². The van der Waals surface area contributed by atoms with E-state index < -0.39 is 0 Å². The number of hydrogen-bond acceptors (Lipinski definition) is 4. The van der Waals surface area contributed by atoms with Crippen LogP contribution in [0, 0.1) is 0 Å². The molecule has 12 aromatic rings. The van der Waals surface area contributed by atoms with Crippen molar-refractivity contribution in [1.29, 1.82) is 0 Å². The number of benzene rings is 8. The quantitative estimate of drug-likeness (QED) is 0.177. The van der Waals surface area contributed by atoms with Crippen molar-refractivity contribution >= 4 is 65.6 Å². The van der Waals surface area contributed by atoms with Gasteiger partial charge in [-0.3, -0.25) is 0 Å². The van der Waals surface area contributed by atoms with E-state index in [1.807, 2.05) is 60.7 Å². The highest BCUT2D eigenvalue weighted by atomic mass is 16.3. The second-order valence-corrected chi connectivity index (χ2v) is 14.5. The van der Waals surface area contributed by atoms with Crippen LogP contribution in [0.1, 0.15) is 0 Å². The minimum atomic E-state index is 0.615. The molecule has 0 radical (unpaired) electrons. The van der Waals surface area contributed by atoms with E-state index in [2.05, 4.69) is 137 Å². The maximum Gasteiger partial charge on any atom is 0.164 e. The van der Waals surface area contributed by atoms with Crippen LogP contribution >= 0.6 is 0 Å². The van der Waals surface area contributed by atoms with Crippen molar-refractivity contribution in [3.8, 4) is 45.5 Å². The Labute approximate surface area is 326 Å². The second-order valence-electron chi connectivity index (χ2n) is 14.5. The predicted molar refractivity (Wildman–Crippen MR) is 232 cm³/mol. The largest absolute Gasteiger partial charge is 0.456 e. The number of rotatable bonds is 5. The zero-order valence-electron chi connectivity index (χ0n) is 30.5. The van der Waals surface area contributed by atoms with E-state index in [1.54, 1.807) is 0 Å². The van der Waals surface area contributed by atoms with Crippen LogP contribution in [0.25, 0.3) is 111 Å². The van der Waals surface area contributed by atoms with Gasteiger partial charge in [0.05, 0.1) is 22.1 Å². The number of aromatic nitrogens is 5. The van der Waals surface area contributed by atoms with Crippen LogP contribution in [0.2, 0.25) is 0 Å². The van der Waals surface area contributed by atoms with Gasteiger partial charge in [-0.15, -0.1) is 0 Å². The summed E-state index contributed by atoms with van der Waals surface area (Å²) in [5, 5.41) is 7.00. The fourth-order valence-corrected chi connectivity index (χ4v) is 8.57. The van der Waals surface area contributed by atoms with Crippen molar-refractivity contribution < 1.29 is 4.42 Å². The summed E-state index contributed by atoms with van der Waals surface area (Å²) in [5.41, 5.74) is 11.1. The standard InChI is InChI=1S/C51H31N5O/c1-3-14-32(15-4-1)49-52-50(33-16-5-2-6-17-33)54-51(53-49)34-18-13-19-35(28-34)56-45-25-12-9-22-39(45)41-30-42-40-27-26-36(29-47(40)57-48(42)31-46(41)56)55-43-23-10-7-20-37(43)38-21-8-11-24-44(38)55/h1-31H. The number of para-hydroxylation sites is 3. The van der Waals surface area contributed by atoms with Crippen LogP contribution in [0.3, 0.4) is 0 Å². The molecule has 12 rings (SSSR count). The molecule has 0 unspecified atom stereocenters. The molecule has 0 aliphatic carbocycles. The first kappa shape index (κ1) is 31.5. The Hall–Kier alpha value is -7.83. The molecular weight excluding hydrogens is 699 g/mol. The molecule has 0 aliphatic heterocycles. The Kier molecular flexibility index (Phi) is 6.83. The molecule has 0 amide bonds. The van der Waals surface area contributed by atoms with Crippen LogP contribution in [-0.4, -0.2) is 24.1 Å². The van der Waals surface area contributed by atoms with E-state index in [-0.39, 0.29) is 0 Å². The van der Waals surface area contributed by atoms with E-state index in [0.29, 0.717) is 17.5 Å². The summed E-state index contributed by atoms with van der Waals surface area (Å²) >= 11 is 0. The molecular formula is C51H31N5O. The fraction of sp³-hybridized carbons (Fsp3) is 0. The number of fused-ring (bicyclic) bond motifs is 9. The Morgan fingerprint density at radius 1 is 0.298 bits per heavy atom. The van der Waals surface area contributed by atoms with Gasteiger partial charge in [0, 0.05) is 72.5 Å². The average Bonchev–Trinajstić information content (AvgIpc) is 3.93. The molecule has 57 heavy (non-hydrogen) atoms. The van der Waals surface area contributed by atoms with Crippen molar-refractivity contribution in [3.63, 3.8) is 0 Å². The van der Waals surface area contributed by atoms with Crippen LogP contribution in [-0.2, 0) is 0 Å². The summed E-state index contributed by atoms with van der Waals surface area (Å²) in [4.78, 5) is 15.0. The monoisotopic (exact) mass is 729 g/mol. The normalized spacial score (nSPS) is 11.9. The maximum atomic E-state index is 6.76. The summed E-state index contributed by atoms with van der Waals surface area (Å²) in [5.74, 6) is 1.88. The summed E-state index contributed by atoms with van der Waals surface area (Å²) in [6.45, 7) is 0. The molecule has 0 N–H and O–H groups in total. The van der Waals surface area contributed by atoms with Gasteiger partial charge in [0.25, 0.3) is 0 Å². The summed E-state index contributed by atoms with van der Waals surface area (Å²) in [6, 6.07) is 65.5. The molecule has 4 aromatic heterocycles. The first-order chi connectivity index (χ1) is 28.2. The Morgan fingerprint density at radius 2 is 0.772 bits per heavy atom. The minimum Gasteiger partial charge on any atom is -0.456 e. The SMILES string of the molecule is c1ccc(-c2nc(-c3ccccc3)nc(-c3cccc(-n4c5ccccc5c5cc6c(cc54)oc4cc(-n5c7ccccc7c7ccccc75)ccc46)c3)n2)cc1. The van der Waals surface area contributed by atoms with Crippen molar-refractivity contribution in [2.45, 2.75) is 0 Å². The van der Waals surface area contributed by atoms with Gasteiger partial charge in [-0.2, -0.15) is 0 Å². The van der Waals surface area contributed by atoms with Gasteiger partial charge in [0.2, 0.25) is 0 Å². The van der Waals surface area contributed by atoms with Crippen LogP contribution < -0.4 is 0 Å². The van der Waals surface area contributed by atoms with Gasteiger partial charge in [-0.1, -0.05) is 127 Å². The third-order valence-corrected chi connectivity index (χ3v) is 11.1. The molecule has 6 heteroatoms. The third-order valence-electron chi connectivity index (χ3n) is 11.1. The predicted octanol–water partition coefficient (Wildman–Crippen LogP) is 13.0. The second kappa shape index (κ2) is 12.3. The van der Waals surface area contributed by atoms with E-state index in [0.717, 1.165) is 66.4 Å². The van der Waals surface area contributed by atoms with Crippen LogP contribution in [0.4, 0.5) is 0 Å². The molecule has 0 spiro atoms. The van der Waals surface area contributed by atoms with Crippen LogP contribution in [0.5, 0.6) is 0 Å². The highest BCUT2D eigenvalue weighted by Gasteiger charge is 2.19. The highest BCUT2D eigenvalue weighted by molar-refractivity contribution is 6.18. The van der Waals surface area contributed by atoms with Crippen molar-refractivity contribution in [3.05, 3.63) is 188 Å². The lowest BCUT2D eigenvalue weighted by Gasteiger charge is -2.11. The molecule has 0 saturated carbocycles. The molecule has 266 valence electrons. The molecule has 0 saturated heterocycles. The lowest BCUT2D eigenvalue weighted by Crippen LogP contribution is -2.01. The summed E-state index contributed by atoms with van der Waals surface area (Å²) < 4.78 is 11.4.